The van der Waals surface area contributed by atoms with Crippen LogP contribution in [0.5, 0.6) is 0 Å². The molecule has 2 nitrogen and oxygen atoms in total. The van der Waals surface area contributed by atoms with Crippen molar-refractivity contribution < 1.29 is 4.39 Å². The second-order valence-corrected chi connectivity index (χ2v) is 5.90. The summed E-state index contributed by atoms with van der Waals surface area (Å²) in [4.78, 5) is 2.43. The van der Waals surface area contributed by atoms with Gasteiger partial charge in [0.1, 0.15) is 5.82 Å². The van der Waals surface area contributed by atoms with Crippen molar-refractivity contribution in [2.24, 2.45) is 0 Å². The number of unbranched alkanes of at least 4 members (excludes halogenated alkanes) is 2. The van der Waals surface area contributed by atoms with E-state index >= 15 is 0 Å². The quantitative estimate of drug-likeness (QED) is 0.595. The molecule has 0 aliphatic carbocycles. The summed E-state index contributed by atoms with van der Waals surface area (Å²) in [6.07, 6.45) is 6.29. The van der Waals surface area contributed by atoms with Crippen LogP contribution in [-0.2, 0) is 0 Å². The fourth-order valence-electron chi connectivity index (χ4n) is 3.06. The van der Waals surface area contributed by atoms with E-state index in [0.29, 0.717) is 0 Å². The monoisotopic (exact) mass is 326 g/mol. The van der Waals surface area contributed by atoms with E-state index in [1.807, 2.05) is 25.1 Å². The smallest absolute Gasteiger partial charge is 0.128 e. The first-order valence-corrected chi connectivity index (χ1v) is 8.04. The summed E-state index contributed by atoms with van der Waals surface area (Å²) in [6, 6.07) is 5.87. The van der Waals surface area contributed by atoms with Crippen LogP contribution in [0.15, 0.2) is 30.9 Å². The first-order valence-electron chi connectivity index (χ1n) is 8.04. The van der Waals surface area contributed by atoms with Crippen molar-refractivity contribution in [3.8, 4) is 0 Å². The normalized spacial score (nSPS) is 16.8. The summed E-state index contributed by atoms with van der Waals surface area (Å²) in [7, 11) is 0. The van der Waals surface area contributed by atoms with Crippen LogP contribution in [0.4, 0.5) is 4.39 Å². The molecule has 0 unspecified atom stereocenters. The van der Waals surface area contributed by atoms with Crippen LogP contribution in [0.1, 0.15) is 42.9 Å². The van der Waals surface area contributed by atoms with Gasteiger partial charge in [-0.05, 0) is 37.8 Å². The van der Waals surface area contributed by atoms with Crippen molar-refractivity contribution in [3.63, 3.8) is 0 Å². The molecule has 1 aromatic carbocycles. The largest absolute Gasteiger partial charge is 0.314 e. The zero-order valence-electron chi connectivity index (χ0n) is 13.5. The third-order valence-corrected chi connectivity index (χ3v) is 4.24. The molecule has 1 aromatic rings. The number of nitrogens with zero attached hydrogens (tertiary/aromatic N) is 1. The molecular weight excluding hydrogens is 299 g/mol. The number of hydrogen-bond donors (Lipinski definition) is 1. The lowest BCUT2D eigenvalue weighted by molar-refractivity contribution is 0.160. The maximum absolute atomic E-state index is 14.4. The molecule has 0 amide bonds. The second-order valence-electron chi connectivity index (χ2n) is 5.90. The summed E-state index contributed by atoms with van der Waals surface area (Å²) in [6.45, 7) is 9.70. The van der Waals surface area contributed by atoms with Gasteiger partial charge in [-0.15, -0.1) is 19.0 Å². The standard InChI is InChI=1S/C18H27FN2.ClH/c1-3-4-5-6-7-18(21-12-10-20-11-13-21)16-9-8-15(2)14-17(16)19;/h3,8-9,14,18,20H,1,4-7,10-13H2,2H3;1H/t18-;/m0./s1. The van der Waals surface area contributed by atoms with Gasteiger partial charge in [-0.3, -0.25) is 4.90 Å². The molecule has 0 radical (unpaired) electrons. The predicted octanol–water partition coefficient (Wildman–Crippen LogP) is 4.25. The van der Waals surface area contributed by atoms with Gasteiger partial charge in [0, 0.05) is 37.8 Å². The van der Waals surface area contributed by atoms with E-state index in [1.165, 1.54) is 0 Å². The lowest BCUT2D eigenvalue weighted by Gasteiger charge is -2.35. The topological polar surface area (TPSA) is 15.3 Å². The Morgan fingerprint density at radius 2 is 2.05 bits per heavy atom. The van der Waals surface area contributed by atoms with Crippen LogP contribution in [-0.4, -0.2) is 31.1 Å². The third kappa shape index (κ3) is 5.38. The highest BCUT2D eigenvalue weighted by Gasteiger charge is 2.24. The van der Waals surface area contributed by atoms with Crippen molar-refractivity contribution >= 4 is 12.4 Å². The van der Waals surface area contributed by atoms with Crippen molar-refractivity contribution in [3.05, 3.63) is 47.8 Å². The molecule has 1 aliphatic rings. The fraction of sp³-hybridized carbons (Fsp3) is 0.556. The fourth-order valence-corrected chi connectivity index (χ4v) is 3.06. The Bertz CT molecular complexity index is 458. The van der Waals surface area contributed by atoms with Gasteiger partial charge < -0.3 is 5.32 Å². The van der Waals surface area contributed by atoms with Crippen molar-refractivity contribution in [2.75, 3.05) is 26.2 Å². The van der Waals surface area contributed by atoms with E-state index in [4.69, 9.17) is 0 Å². The Morgan fingerprint density at radius 3 is 2.68 bits per heavy atom. The second kappa shape index (κ2) is 9.98. The van der Waals surface area contributed by atoms with E-state index in [0.717, 1.165) is 63.0 Å². The summed E-state index contributed by atoms with van der Waals surface area (Å²) in [5, 5.41) is 3.37. The maximum Gasteiger partial charge on any atom is 0.128 e. The summed E-state index contributed by atoms with van der Waals surface area (Å²) < 4.78 is 14.4. The van der Waals surface area contributed by atoms with Gasteiger partial charge in [0.05, 0.1) is 0 Å². The lowest BCUT2D eigenvalue weighted by atomic mass is 9.96. The average molecular weight is 327 g/mol. The zero-order chi connectivity index (χ0) is 15.1. The molecule has 0 saturated carbocycles. The van der Waals surface area contributed by atoms with E-state index in [2.05, 4.69) is 16.8 Å². The molecule has 1 N–H and O–H groups in total. The van der Waals surface area contributed by atoms with E-state index in [9.17, 15) is 4.39 Å². The molecular formula is C18H28ClFN2. The number of rotatable bonds is 7. The molecule has 0 spiro atoms. The molecule has 1 aliphatic heterocycles. The Kier molecular flexibility index (Phi) is 8.69. The van der Waals surface area contributed by atoms with E-state index < -0.39 is 0 Å². The van der Waals surface area contributed by atoms with Crippen LogP contribution in [0.3, 0.4) is 0 Å². The van der Waals surface area contributed by atoms with Gasteiger partial charge >= 0.3 is 0 Å². The van der Waals surface area contributed by atoms with Crippen LogP contribution in [0.2, 0.25) is 0 Å². The van der Waals surface area contributed by atoms with Crippen molar-refractivity contribution in [2.45, 2.75) is 38.6 Å². The summed E-state index contributed by atoms with van der Waals surface area (Å²) in [5.74, 6) is -0.0535. The summed E-state index contributed by atoms with van der Waals surface area (Å²) in [5.41, 5.74) is 1.85. The molecule has 1 atom stereocenters. The van der Waals surface area contributed by atoms with Crippen LogP contribution < -0.4 is 5.32 Å². The Hall–Kier alpha value is -0.900. The van der Waals surface area contributed by atoms with Crippen LogP contribution in [0.25, 0.3) is 0 Å². The summed E-state index contributed by atoms with van der Waals surface area (Å²) >= 11 is 0. The van der Waals surface area contributed by atoms with Crippen LogP contribution >= 0.6 is 12.4 Å². The lowest BCUT2D eigenvalue weighted by Crippen LogP contribution is -2.45. The average Bonchev–Trinajstić information content (AvgIpc) is 2.49. The Morgan fingerprint density at radius 1 is 1.32 bits per heavy atom. The highest BCUT2D eigenvalue weighted by Crippen LogP contribution is 2.29. The number of nitrogens with one attached hydrogen (secondary N) is 1. The molecule has 22 heavy (non-hydrogen) atoms. The zero-order valence-corrected chi connectivity index (χ0v) is 14.3. The molecule has 1 saturated heterocycles. The highest BCUT2D eigenvalue weighted by molar-refractivity contribution is 5.85. The van der Waals surface area contributed by atoms with Gasteiger partial charge in [0.25, 0.3) is 0 Å². The number of benzene rings is 1. The minimum Gasteiger partial charge on any atom is -0.314 e. The number of halogens is 2. The van der Waals surface area contributed by atoms with Gasteiger partial charge in [0.15, 0.2) is 0 Å². The molecule has 124 valence electrons. The molecule has 4 heteroatoms. The SMILES string of the molecule is C=CCCCC[C@@H](c1ccc(C)cc1F)N1CCNCC1.Cl. The number of piperazine rings is 1. The predicted molar refractivity (Wildman–Crippen MR) is 94.2 cm³/mol. The Balaban J connectivity index is 0.00000242. The Labute approximate surface area is 140 Å². The van der Waals surface area contributed by atoms with Gasteiger partial charge in [0.2, 0.25) is 0 Å². The molecule has 1 fully saturated rings. The van der Waals surface area contributed by atoms with Crippen LogP contribution in [0, 0.1) is 12.7 Å². The number of allylic oxidation sites excluding steroid dienone is 1. The highest BCUT2D eigenvalue weighted by atomic mass is 35.5. The van der Waals surface area contributed by atoms with Gasteiger partial charge in [-0.2, -0.15) is 0 Å². The molecule has 0 bridgehead atoms. The van der Waals surface area contributed by atoms with Crippen molar-refractivity contribution in [1.29, 1.82) is 0 Å². The number of hydrogen-bond acceptors (Lipinski definition) is 2. The van der Waals surface area contributed by atoms with E-state index in [1.54, 1.807) is 6.07 Å². The minimum absolute atomic E-state index is 0. The first-order chi connectivity index (χ1) is 10.2. The van der Waals surface area contributed by atoms with E-state index in [-0.39, 0.29) is 24.3 Å². The first kappa shape index (κ1) is 19.1. The molecule has 2 rings (SSSR count). The third-order valence-electron chi connectivity index (χ3n) is 4.24. The van der Waals surface area contributed by atoms with Gasteiger partial charge in [-0.1, -0.05) is 24.6 Å². The van der Waals surface area contributed by atoms with Crippen molar-refractivity contribution in [1.82, 2.24) is 10.2 Å². The molecule has 0 aromatic heterocycles. The maximum atomic E-state index is 14.4. The molecule has 1 heterocycles. The minimum atomic E-state index is -0.0535. The number of aryl methyl sites for hydroxylation is 1. The van der Waals surface area contributed by atoms with Gasteiger partial charge in [-0.25, -0.2) is 4.39 Å².